The van der Waals surface area contributed by atoms with Gasteiger partial charge in [-0.25, -0.2) is 4.79 Å². The summed E-state index contributed by atoms with van der Waals surface area (Å²) in [6.45, 7) is 3.73. The van der Waals surface area contributed by atoms with E-state index in [0.717, 1.165) is 4.90 Å². The van der Waals surface area contributed by atoms with Crippen molar-refractivity contribution in [1.29, 1.82) is 0 Å². The third-order valence-electron chi connectivity index (χ3n) is 3.07. The van der Waals surface area contributed by atoms with Crippen LogP contribution in [0.1, 0.15) is 39.5 Å². The number of carbonyl (C=O) groups excluding carboxylic acids is 2. The molecule has 1 N–H and O–H groups in total. The molecular formula is C11H17NO4. The Hall–Kier alpha value is -1.39. The standard InChI is InChI=1S/C11H17NO4/c1-3-7(4-2)10(14)12-8(11(15)16)5-6-9(12)13/h7-8H,3-6H2,1-2H3,(H,15,16). The van der Waals surface area contributed by atoms with Crippen LogP contribution in [0, 0.1) is 5.92 Å². The minimum atomic E-state index is -1.09. The lowest BCUT2D eigenvalue weighted by Crippen LogP contribution is -2.45. The molecule has 1 saturated heterocycles. The number of rotatable bonds is 4. The van der Waals surface area contributed by atoms with E-state index in [9.17, 15) is 14.4 Å². The van der Waals surface area contributed by atoms with E-state index in [0.29, 0.717) is 12.8 Å². The number of carboxylic acid groups (broad SMARTS) is 1. The van der Waals surface area contributed by atoms with Gasteiger partial charge in [0.15, 0.2) is 0 Å². The third kappa shape index (κ3) is 2.23. The highest BCUT2D eigenvalue weighted by Crippen LogP contribution is 2.23. The lowest BCUT2D eigenvalue weighted by Gasteiger charge is -2.23. The normalized spacial score (nSPS) is 20.6. The number of carbonyl (C=O) groups is 3. The van der Waals surface area contributed by atoms with E-state index in [2.05, 4.69) is 0 Å². The Balaban J connectivity index is 2.87. The van der Waals surface area contributed by atoms with E-state index in [1.165, 1.54) is 0 Å². The van der Waals surface area contributed by atoms with Gasteiger partial charge in [-0.15, -0.1) is 0 Å². The molecule has 1 heterocycles. The summed E-state index contributed by atoms with van der Waals surface area (Å²) in [6.07, 6.45) is 1.65. The number of hydrogen-bond donors (Lipinski definition) is 1. The Kier molecular flexibility index (Phi) is 4.04. The smallest absolute Gasteiger partial charge is 0.326 e. The lowest BCUT2D eigenvalue weighted by atomic mass is 10.0. The molecule has 5 nitrogen and oxygen atoms in total. The first kappa shape index (κ1) is 12.7. The van der Waals surface area contributed by atoms with E-state index in [1.807, 2.05) is 13.8 Å². The molecule has 0 saturated carbocycles. The predicted octanol–water partition coefficient (Wildman–Crippen LogP) is 1.02. The minimum absolute atomic E-state index is 0.156. The van der Waals surface area contributed by atoms with E-state index in [-0.39, 0.29) is 30.6 Å². The first-order valence-electron chi connectivity index (χ1n) is 5.61. The van der Waals surface area contributed by atoms with Crippen molar-refractivity contribution in [2.45, 2.75) is 45.6 Å². The maximum Gasteiger partial charge on any atom is 0.326 e. The number of amides is 2. The summed E-state index contributed by atoms with van der Waals surface area (Å²) in [6, 6.07) is -0.958. The second kappa shape index (κ2) is 5.09. The molecule has 0 aromatic rings. The summed E-state index contributed by atoms with van der Waals surface area (Å²) in [7, 11) is 0. The molecule has 16 heavy (non-hydrogen) atoms. The van der Waals surface area contributed by atoms with Crippen LogP contribution in [-0.2, 0) is 14.4 Å². The zero-order valence-corrected chi connectivity index (χ0v) is 9.60. The molecule has 2 amide bonds. The van der Waals surface area contributed by atoms with Gasteiger partial charge in [-0.2, -0.15) is 0 Å². The molecule has 1 aliphatic rings. The molecule has 0 aromatic heterocycles. The van der Waals surface area contributed by atoms with Crippen molar-refractivity contribution in [3.8, 4) is 0 Å². The SMILES string of the molecule is CCC(CC)C(=O)N1C(=O)CCC1C(=O)O. The van der Waals surface area contributed by atoms with Gasteiger partial charge in [-0.1, -0.05) is 13.8 Å². The largest absolute Gasteiger partial charge is 0.480 e. The van der Waals surface area contributed by atoms with Crippen LogP contribution in [0.3, 0.4) is 0 Å². The first-order chi connectivity index (χ1) is 7.52. The van der Waals surface area contributed by atoms with Crippen molar-refractivity contribution in [3.63, 3.8) is 0 Å². The van der Waals surface area contributed by atoms with Gasteiger partial charge in [0.25, 0.3) is 0 Å². The van der Waals surface area contributed by atoms with Crippen molar-refractivity contribution in [3.05, 3.63) is 0 Å². The average molecular weight is 227 g/mol. The Labute approximate surface area is 94.4 Å². The van der Waals surface area contributed by atoms with E-state index in [4.69, 9.17) is 5.11 Å². The van der Waals surface area contributed by atoms with Gasteiger partial charge in [0, 0.05) is 12.3 Å². The molecule has 1 aliphatic heterocycles. The van der Waals surface area contributed by atoms with Crippen LogP contribution in [-0.4, -0.2) is 33.8 Å². The topological polar surface area (TPSA) is 74.7 Å². The molecule has 90 valence electrons. The summed E-state index contributed by atoms with van der Waals surface area (Å²) in [5.41, 5.74) is 0. The highest BCUT2D eigenvalue weighted by Gasteiger charge is 2.41. The van der Waals surface area contributed by atoms with Gasteiger partial charge in [0.1, 0.15) is 6.04 Å². The van der Waals surface area contributed by atoms with Crippen LogP contribution in [0.4, 0.5) is 0 Å². The maximum absolute atomic E-state index is 12.0. The molecular weight excluding hydrogens is 210 g/mol. The fraction of sp³-hybridized carbons (Fsp3) is 0.727. The number of imide groups is 1. The molecule has 1 fully saturated rings. The summed E-state index contributed by atoms with van der Waals surface area (Å²) in [5.74, 6) is -2.03. The van der Waals surface area contributed by atoms with Crippen molar-refractivity contribution in [2.75, 3.05) is 0 Å². The molecule has 0 aliphatic carbocycles. The Morgan fingerprint density at radius 1 is 1.44 bits per heavy atom. The van der Waals surface area contributed by atoms with Crippen LogP contribution in [0.15, 0.2) is 0 Å². The number of nitrogens with zero attached hydrogens (tertiary/aromatic N) is 1. The second-order valence-corrected chi connectivity index (χ2v) is 4.01. The minimum Gasteiger partial charge on any atom is -0.480 e. The highest BCUT2D eigenvalue weighted by atomic mass is 16.4. The van der Waals surface area contributed by atoms with Crippen LogP contribution < -0.4 is 0 Å². The molecule has 0 aromatic carbocycles. The lowest BCUT2D eigenvalue weighted by molar-refractivity contribution is -0.155. The predicted molar refractivity (Wildman–Crippen MR) is 56.6 cm³/mol. The summed E-state index contributed by atoms with van der Waals surface area (Å²) >= 11 is 0. The number of hydrogen-bond acceptors (Lipinski definition) is 3. The summed E-state index contributed by atoms with van der Waals surface area (Å²) < 4.78 is 0. The molecule has 0 spiro atoms. The molecule has 0 bridgehead atoms. The average Bonchev–Trinajstić information content (AvgIpc) is 2.61. The Morgan fingerprint density at radius 2 is 2.00 bits per heavy atom. The molecule has 0 radical (unpaired) electrons. The van der Waals surface area contributed by atoms with Gasteiger partial charge < -0.3 is 5.11 Å². The molecule has 5 heteroatoms. The summed E-state index contributed by atoms with van der Waals surface area (Å²) in [5, 5.41) is 8.93. The van der Waals surface area contributed by atoms with Gasteiger partial charge in [0.2, 0.25) is 11.8 Å². The monoisotopic (exact) mass is 227 g/mol. The number of likely N-dealkylation sites (tertiary alicyclic amines) is 1. The third-order valence-corrected chi connectivity index (χ3v) is 3.07. The molecule has 1 rings (SSSR count). The molecule has 1 atom stereocenters. The van der Waals surface area contributed by atoms with Gasteiger partial charge in [-0.05, 0) is 19.3 Å². The second-order valence-electron chi connectivity index (χ2n) is 4.01. The zero-order valence-electron chi connectivity index (χ0n) is 9.60. The highest BCUT2D eigenvalue weighted by molar-refractivity contribution is 6.02. The fourth-order valence-electron chi connectivity index (χ4n) is 2.03. The number of aliphatic carboxylic acids is 1. The van der Waals surface area contributed by atoms with Crippen molar-refractivity contribution >= 4 is 17.8 Å². The van der Waals surface area contributed by atoms with Crippen LogP contribution >= 0.6 is 0 Å². The number of carboxylic acids is 1. The Morgan fingerprint density at radius 3 is 2.44 bits per heavy atom. The van der Waals surface area contributed by atoms with E-state index < -0.39 is 12.0 Å². The van der Waals surface area contributed by atoms with E-state index in [1.54, 1.807) is 0 Å². The fourth-order valence-corrected chi connectivity index (χ4v) is 2.03. The van der Waals surface area contributed by atoms with Crippen LogP contribution in [0.2, 0.25) is 0 Å². The summed E-state index contributed by atoms with van der Waals surface area (Å²) in [4.78, 5) is 35.3. The zero-order chi connectivity index (χ0) is 12.3. The van der Waals surface area contributed by atoms with E-state index >= 15 is 0 Å². The van der Waals surface area contributed by atoms with Crippen LogP contribution in [0.25, 0.3) is 0 Å². The van der Waals surface area contributed by atoms with Crippen molar-refractivity contribution in [2.24, 2.45) is 5.92 Å². The van der Waals surface area contributed by atoms with Gasteiger partial charge in [-0.3, -0.25) is 14.5 Å². The van der Waals surface area contributed by atoms with Crippen LogP contribution in [0.5, 0.6) is 0 Å². The molecule has 1 unspecified atom stereocenters. The Bertz CT molecular complexity index is 309. The van der Waals surface area contributed by atoms with Crippen molar-refractivity contribution in [1.82, 2.24) is 4.90 Å². The quantitative estimate of drug-likeness (QED) is 0.778. The van der Waals surface area contributed by atoms with Gasteiger partial charge >= 0.3 is 5.97 Å². The van der Waals surface area contributed by atoms with Crippen molar-refractivity contribution < 1.29 is 19.5 Å². The maximum atomic E-state index is 12.0. The first-order valence-corrected chi connectivity index (χ1v) is 5.61. The van der Waals surface area contributed by atoms with Gasteiger partial charge in [0.05, 0.1) is 0 Å².